The second-order valence-electron chi connectivity index (χ2n) is 7.00. The van der Waals surface area contributed by atoms with Crippen LogP contribution in [0.15, 0.2) is 25.0 Å². The number of nitrogen functional groups attached to an aromatic ring is 1. The number of rotatable bonds is 10. The van der Waals surface area contributed by atoms with Crippen LogP contribution in [0.2, 0.25) is 0 Å². The lowest BCUT2D eigenvalue weighted by Crippen LogP contribution is -2.25. The topological polar surface area (TPSA) is 265 Å². The van der Waals surface area contributed by atoms with E-state index in [4.69, 9.17) is 25.0 Å². The van der Waals surface area contributed by atoms with E-state index >= 15 is 0 Å². The van der Waals surface area contributed by atoms with E-state index in [1.807, 2.05) is 0 Å². The van der Waals surface area contributed by atoms with Gasteiger partial charge < -0.3 is 34.8 Å². The first-order valence-electron chi connectivity index (χ1n) is 9.31. The van der Waals surface area contributed by atoms with Crippen molar-refractivity contribution >= 4 is 46.4 Å². The number of carbonyl (C=O) groups excluding carboxylic acids is 1. The highest BCUT2D eigenvalue weighted by Gasteiger charge is 2.44. The molecule has 0 bridgehead atoms. The van der Waals surface area contributed by atoms with Gasteiger partial charge in [0.05, 0.1) is 19.0 Å². The molecule has 5 atom stereocenters. The summed E-state index contributed by atoms with van der Waals surface area (Å²) in [7, 11) is -16.7. The molecule has 0 radical (unpaired) electrons. The lowest BCUT2D eigenvalue weighted by atomic mass is 9.99. The number of anilines is 1. The molecule has 0 aliphatic carbocycles. The number of esters is 1. The van der Waals surface area contributed by atoms with E-state index in [2.05, 4.69) is 34.7 Å². The molecule has 2 aromatic heterocycles. The van der Waals surface area contributed by atoms with Crippen molar-refractivity contribution in [2.24, 2.45) is 5.92 Å². The maximum absolute atomic E-state index is 12.1. The number of ether oxygens (including phenoxy) is 2. The summed E-state index contributed by atoms with van der Waals surface area (Å²) >= 11 is 0. The highest BCUT2D eigenvalue weighted by molar-refractivity contribution is 7.66. The van der Waals surface area contributed by atoms with E-state index in [0.29, 0.717) is 5.65 Å². The monoisotopic (exact) mass is 559 g/mol. The normalized spacial score (nSPS) is 24.1. The molecule has 35 heavy (non-hydrogen) atoms. The standard InChI is InChI=1S/C14H20N5O13P3/c1-7(29-8(2)20)9-3-11(19-6-18-12-13(15)16-5-17-14(12)19)30-10(9)4-28-34(24,25)32-35(26,27)31-33(21,22)23/h5-6,9-11H,1,3-4H2,2H3,(H,24,25)(H,26,27)(H2,15,16,17)(H2,21,22,23). The number of carbonyl (C=O) groups is 1. The fourth-order valence-electron chi connectivity index (χ4n) is 3.21. The molecule has 21 heteroatoms. The van der Waals surface area contributed by atoms with Crippen molar-refractivity contribution in [2.45, 2.75) is 25.7 Å². The Bertz CT molecular complexity index is 1280. The Morgan fingerprint density at radius 3 is 2.51 bits per heavy atom. The van der Waals surface area contributed by atoms with Crippen LogP contribution in [-0.2, 0) is 41.1 Å². The van der Waals surface area contributed by atoms with Crippen LogP contribution in [0.25, 0.3) is 11.2 Å². The van der Waals surface area contributed by atoms with Crippen LogP contribution in [0.5, 0.6) is 0 Å². The fourth-order valence-corrected chi connectivity index (χ4v) is 6.24. The van der Waals surface area contributed by atoms with Gasteiger partial charge in [0.15, 0.2) is 11.5 Å². The quantitative estimate of drug-likeness (QED) is 0.152. The second kappa shape index (κ2) is 10.1. The molecule has 0 aromatic carbocycles. The molecule has 194 valence electrons. The predicted molar refractivity (Wildman–Crippen MR) is 112 cm³/mol. The van der Waals surface area contributed by atoms with Gasteiger partial charge in [-0.3, -0.25) is 13.9 Å². The zero-order valence-electron chi connectivity index (χ0n) is 17.7. The van der Waals surface area contributed by atoms with Crippen LogP contribution < -0.4 is 5.73 Å². The number of aromatic nitrogens is 4. The minimum Gasteiger partial charge on any atom is -0.431 e. The lowest BCUT2D eigenvalue weighted by Gasteiger charge is -2.21. The maximum Gasteiger partial charge on any atom is 0.490 e. The molecular weight excluding hydrogens is 539 g/mol. The Labute approximate surface area is 196 Å². The summed E-state index contributed by atoms with van der Waals surface area (Å²) in [5, 5.41) is 0. The summed E-state index contributed by atoms with van der Waals surface area (Å²) in [6, 6.07) is 0. The zero-order chi connectivity index (χ0) is 26.2. The SMILES string of the molecule is C=C(OC(C)=O)C1CC(n2cnc3c(N)ncnc32)OC1COP(=O)(O)OP(=O)(O)OP(=O)(O)O. The summed E-state index contributed by atoms with van der Waals surface area (Å²) in [4.78, 5) is 59.6. The Morgan fingerprint density at radius 2 is 1.89 bits per heavy atom. The minimum atomic E-state index is -5.70. The molecular formula is C14H20N5O13P3. The van der Waals surface area contributed by atoms with Crippen LogP contribution in [0, 0.1) is 5.92 Å². The number of fused-ring (bicyclic) bond motifs is 1. The van der Waals surface area contributed by atoms with Gasteiger partial charge in [0, 0.05) is 19.3 Å². The Hall–Kier alpha value is -2.07. The molecule has 0 spiro atoms. The van der Waals surface area contributed by atoms with Crippen molar-refractivity contribution in [3.8, 4) is 0 Å². The largest absolute Gasteiger partial charge is 0.490 e. The van der Waals surface area contributed by atoms with Crippen molar-refractivity contribution in [3.63, 3.8) is 0 Å². The third kappa shape index (κ3) is 7.22. The van der Waals surface area contributed by atoms with E-state index < -0.39 is 54.3 Å². The first kappa shape index (κ1) is 27.5. The van der Waals surface area contributed by atoms with Crippen LogP contribution in [-0.4, -0.2) is 57.8 Å². The van der Waals surface area contributed by atoms with Crippen LogP contribution in [0.1, 0.15) is 19.6 Å². The Morgan fingerprint density at radius 1 is 1.20 bits per heavy atom. The first-order valence-corrected chi connectivity index (χ1v) is 13.8. The lowest BCUT2D eigenvalue weighted by molar-refractivity contribution is -0.138. The van der Waals surface area contributed by atoms with E-state index in [0.717, 1.165) is 6.92 Å². The number of phosphoric acid groups is 3. The summed E-state index contributed by atoms with van der Waals surface area (Å²) in [5.74, 6) is -1.47. The molecule has 0 saturated carbocycles. The van der Waals surface area contributed by atoms with Crippen molar-refractivity contribution in [3.05, 3.63) is 25.0 Å². The van der Waals surface area contributed by atoms with Gasteiger partial charge in [0.2, 0.25) is 0 Å². The van der Waals surface area contributed by atoms with Crippen molar-refractivity contribution < 1.29 is 60.7 Å². The molecule has 3 rings (SSSR count). The number of phosphoric ester groups is 1. The average Bonchev–Trinajstić information content (AvgIpc) is 3.27. The molecule has 1 saturated heterocycles. The smallest absolute Gasteiger partial charge is 0.431 e. The van der Waals surface area contributed by atoms with Gasteiger partial charge in [0.25, 0.3) is 0 Å². The van der Waals surface area contributed by atoms with E-state index in [9.17, 15) is 28.3 Å². The maximum atomic E-state index is 12.1. The first-order chi connectivity index (χ1) is 16.1. The van der Waals surface area contributed by atoms with Crippen molar-refractivity contribution in [1.29, 1.82) is 0 Å². The third-order valence-electron chi connectivity index (χ3n) is 4.44. The molecule has 1 fully saturated rings. The van der Waals surface area contributed by atoms with Gasteiger partial charge in [-0.15, -0.1) is 0 Å². The molecule has 0 amide bonds. The van der Waals surface area contributed by atoms with Crippen LogP contribution in [0.4, 0.5) is 5.82 Å². The van der Waals surface area contributed by atoms with Gasteiger partial charge in [-0.25, -0.2) is 28.6 Å². The predicted octanol–water partition coefficient (Wildman–Crippen LogP) is 0.732. The molecule has 18 nitrogen and oxygen atoms in total. The minimum absolute atomic E-state index is 0.0708. The number of imidazole rings is 1. The zero-order valence-corrected chi connectivity index (χ0v) is 20.4. The number of nitrogens with two attached hydrogens (primary N) is 1. The summed E-state index contributed by atoms with van der Waals surface area (Å²) in [6.45, 7) is 4.01. The van der Waals surface area contributed by atoms with Gasteiger partial charge in [-0.05, 0) is 0 Å². The van der Waals surface area contributed by atoms with E-state index in [1.165, 1.54) is 17.2 Å². The average molecular weight is 559 g/mol. The van der Waals surface area contributed by atoms with Gasteiger partial charge in [-0.1, -0.05) is 6.58 Å². The summed E-state index contributed by atoms with van der Waals surface area (Å²) < 4.78 is 58.7. The Kier molecular flexibility index (Phi) is 7.96. The van der Waals surface area contributed by atoms with Gasteiger partial charge >= 0.3 is 29.4 Å². The molecule has 3 heterocycles. The van der Waals surface area contributed by atoms with Gasteiger partial charge in [0.1, 0.15) is 23.8 Å². The number of hydrogen-bond acceptors (Lipinski definition) is 13. The fraction of sp³-hybridized carbons (Fsp3) is 0.429. The van der Waals surface area contributed by atoms with Crippen molar-refractivity contribution in [1.82, 2.24) is 19.5 Å². The molecule has 5 unspecified atom stereocenters. The summed E-state index contributed by atoms with van der Waals surface area (Å²) in [6.07, 6.45) is 0.685. The molecule has 2 aromatic rings. The third-order valence-corrected chi connectivity index (χ3v) is 8.24. The summed E-state index contributed by atoms with van der Waals surface area (Å²) in [5.41, 5.74) is 6.36. The molecule has 1 aliphatic heterocycles. The molecule has 6 N–H and O–H groups in total. The highest BCUT2D eigenvalue weighted by atomic mass is 31.3. The second-order valence-corrected chi connectivity index (χ2v) is 11.4. The number of hydrogen-bond donors (Lipinski definition) is 5. The number of nitrogens with zero attached hydrogens (tertiary/aromatic N) is 4. The molecule has 1 aliphatic rings. The van der Waals surface area contributed by atoms with E-state index in [-0.39, 0.29) is 23.5 Å². The van der Waals surface area contributed by atoms with Crippen LogP contribution in [0.3, 0.4) is 0 Å². The van der Waals surface area contributed by atoms with Crippen molar-refractivity contribution in [2.75, 3.05) is 12.3 Å². The highest BCUT2D eigenvalue weighted by Crippen LogP contribution is 2.66. The van der Waals surface area contributed by atoms with E-state index in [1.54, 1.807) is 0 Å². The van der Waals surface area contributed by atoms with Gasteiger partial charge in [-0.2, -0.15) is 8.62 Å². The van der Waals surface area contributed by atoms with Crippen LogP contribution >= 0.6 is 23.5 Å². The Balaban J connectivity index is 1.79.